The molecule has 2 aromatic rings. The molecule has 32 heavy (non-hydrogen) atoms. The third-order valence-electron chi connectivity index (χ3n) is 5.97. The van der Waals surface area contributed by atoms with Crippen molar-refractivity contribution < 1.29 is 46.7 Å². The van der Waals surface area contributed by atoms with Gasteiger partial charge in [0.05, 0.1) is 42.8 Å². The average molecular weight is 458 g/mol. The van der Waals surface area contributed by atoms with Crippen LogP contribution < -0.4 is 33.6 Å². The fourth-order valence-electron chi connectivity index (χ4n) is 3.93. The van der Waals surface area contributed by atoms with Crippen LogP contribution in [0.3, 0.4) is 0 Å². The third-order valence-corrected chi connectivity index (χ3v) is 7.57. The molecule has 4 rings (SSSR count). The Morgan fingerprint density at radius 3 is 2.75 bits per heavy atom. The Hall–Kier alpha value is -1.61. The van der Waals surface area contributed by atoms with Crippen LogP contribution in [-0.2, 0) is 19.5 Å². The zero-order chi connectivity index (χ0) is 22.4. The zero-order valence-electron chi connectivity index (χ0n) is 18.8. The van der Waals surface area contributed by atoms with Crippen molar-refractivity contribution in [1.82, 2.24) is 14.1 Å². The maximum Gasteiger partial charge on any atom is 1.00 e. The number of aromatic carboxylic acids is 1. The van der Waals surface area contributed by atoms with Gasteiger partial charge in [-0.25, -0.2) is 18.1 Å². The number of fused-ring (bicyclic) bond motifs is 1. The first-order chi connectivity index (χ1) is 14.7. The Morgan fingerprint density at radius 2 is 2.16 bits per heavy atom. The number of hydrogen-bond donors (Lipinski definition) is 1. The summed E-state index contributed by atoms with van der Waals surface area (Å²) < 4.78 is 41.4. The van der Waals surface area contributed by atoms with Crippen molar-refractivity contribution in [3.8, 4) is 0 Å². The minimum atomic E-state index is -3.87. The summed E-state index contributed by atoms with van der Waals surface area (Å²) in [6, 6.07) is 1.58. The molecule has 2 fully saturated rings. The SMILES string of the molecule is CC[C@H]1CO[C@@H](COC)CN1c1cc(S(=O)(=O)NC2(C)CC2)cn2c(C(=O)[O-])ncc12.[Li+]. The number of carboxylic acid groups (broad SMARTS) is 1. The van der Waals surface area contributed by atoms with Crippen LogP contribution in [-0.4, -0.2) is 68.3 Å². The van der Waals surface area contributed by atoms with Gasteiger partial charge in [0.1, 0.15) is 10.9 Å². The molecule has 1 saturated carbocycles. The molecule has 1 aliphatic heterocycles. The number of nitrogens with one attached hydrogen (secondary N) is 1. The topological polar surface area (TPSA) is 125 Å². The molecule has 0 aromatic carbocycles. The second-order valence-electron chi connectivity index (χ2n) is 8.48. The largest absolute Gasteiger partial charge is 1.00 e. The number of carbonyl (C=O) groups is 1. The van der Waals surface area contributed by atoms with Crippen molar-refractivity contribution in [3.05, 3.63) is 24.3 Å². The molecule has 1 aliphatic carbocycles. The van der Waals surface area contributed by atoms with Crippen LogP contribution in [0.15, 0.2) is 23.4 Å². The quantitative estimate of drug-likeness (QED) is 0.420. The van der Waals surface area contributed by atoms with Crippen LogP contribution in [0.1, 0.15) is 43.7 Å². The first-order valence-corrected chi connectivity index (χ1v) is 11.8. The number of methoxy groups -OCH3 is 1. The van der Waals surface area contributed by atoms with Crippen molar-refractivity contribution in [2.75, 3.05) is 31.8 Å². The first kappa shape index (κ1) is 25.0. The molecular weight excluding hydrogens is 431 g/mol. The van der Waals surface area contributed by atoms with Crippen molar-refractivity contribution in [2.45, 2.75) is 55.7 Å². The van der Waals surface area contributed by atoms with Gasteiger partial charge in [-0.2, -0.15) is 0 Å². The third kappa shape index (κ3) is 4.83. The number of hydrogen-bond acceptors (Lipinski definition) is 8. The van der Waals surface area contributed by atoms with Gasteiger partial charge in [-0.05, 0) is 32.3 Å². The van der Waals surface area contributed by atoms with Gasteiger partial charge in [-0.3, -0.25) is 4.40 Å². The number of nitrogens with zero attached hydrogens (tertiary/aromatic N) is 3. The summed E-state index contributed by atoms with van der Waals surface area (Å²) in [5.41, 5.74) is 0.613. The number of carbonyl (C=O) groups excluding carboxylic acids is 1. The second-order valence-corrected chi connectivity index (χ2v) is 10.2. The normalized spacial score (nSPS) is 22.5. The van der Waals surface area contributed by atoms with Crippen LogP contribution in [0.2, 0.25) is 0 Å². The molecule has 0 unspecified atom stereocenters. The summed E-state index contributed by atoms with van der Waals surface area (Å²) >= 11 is 0. The van der Waals surface area contributed by atoms with Crippen LogP contribution in [0.4, 0.5) is 5.69 Å². The van der Waals surface area contributed by atoms with Crippen molar-refractivity contribution in [1.29, 1.82) is 0 Å². The van der Waals surface area contributed by atoms with Gasteiger partial charge in [-0.15, -0.1) is 0 Å². The van der Waals surface area contributed by atoms with Gasteiger partial charge >= 0.3 is 18.9 Å². The standard InChI is InChI=1S/C20H28N4O6S.Li/c1-4-13-11-30-14(12-29-3)9-23(13)16-7-15(31(27,28)22-20(2)5-6-20)10-24-17(16)8-21-18(24)19(25)26;/h7-8,10,13-14,22H,4-6,9,11-12H2,1-3H3,(H,25,26);/q;+1/p-1/t13-,14+;/m0./s1. The summed E-state index contributed by atoms with van der Waals surface area (Å²) in [4.78, 5) is 17.6. The molecule has 2 aliphatic rings. The molecule has 10 nitrogen and oxygen atoms in total. The molecular formula is C20H27LiN4O6S. The molecule has 0 bridgehead atoms. The fourth-order valence-corrected chi connectivity index (χ4v) is 5.42. The Balaban J connectivity index is 0.00000289. The summed E-state index contributed by atoms with van der Waals surface area (Å²) in [7, 11) is -2.28. The number of anilines is 1. The number of imidazole rings is 1. The Morgan fingerprint density at radius 1 is 1.44 bits per heavy atom. The molecule has 3 heterocycles. The minimum absolute atomic E-state index is 0. The number of rotatable bonds is 8. The summed E-state index contributed by atoms with van der Waals surface area (Å²) in [5, 5.41) is 11.6. The van der Waals surface area contributed by atoms with E-state index in [0.29, 0.717) is 31.0 Å². The van der Waals surface area contributed by atoms with E-state index >= 15 is 0 Å². The molecule has 0 spiro atoms. The molecule has 12 heteroatoms. The molecule has 0 amide bonds. The predicted octanol–water partition coefficient (Wildman–Crippen LogP) is -2.84. The number of sulfonamides is 1. The number of pyridine rings is 1. The van der Waals surface area contributed by atoms with E-state index in [1.54, 1.807) is 13.2 Å². The van der Waals surface area contributed by atoms with E-state index in [2.05, 4.69) is 14.6 Å². The van der Waals surface area contributed by atoms with E-state index in [-0.39, 0.29) is 41.7 Å². The predicted molar refractivity (Wildman–Crippen MR) is 111 cm³/mol. The van der Waals surface area contributed by atoms with Crippen LogP contribution in [0.25, 0.3) is 5.52 Å². The minimum Gasteiger partial charge on any atom is -0.542 e. The number of carboxylic acids is 1. The molecule has 0 radical (unpaired) electrons. The average Bonchev–Trinajstić information content (AvgIpc) is 3.26. The monoisotopic (exact) mass is 458 g/mol. The summed E-state index contributed by atoms with van der Waals surface area (Å²) in [6.07, 6.45) is 4.81. The van der Waals surface area contributed by atoms with Crippen LogP contribution in [0.5, 0.6) is 0 Å². The number of ether oxygens (including phenoxy) is 2. The Bertz CT molecular complexity index is 1100. The van der Waals surface area contributed by atoms with E-state index in [1.807, 2.05) is 13.8 Å². The van der Waals surface area contributed by atoms with E-state index in [9.17, 15) is 18.3 Å². The molecule has 2 atom stereocenters. The zero-order valence-corrected chi connectivity index (χ0v) is 19.6. The first-order valence-electron chi connectivity index (χ1n) is 10.3. The van der Waals surface area contributed by atoms with E-state index in [1.165, 1.54) is 16.8 Å². The van der Waals surface area contributed by atoms with E-state index < -0.39 is 21.5 Å². The van der Waals surface area contributed by atoms with Gasteiger partial charge in [-0.1, -0.05) is 6.92 Å². The molecule has 1 N–H and O–H groups in total. The summed E-state index contributed by atoms with van der Waals surface area (Å²) in [5.74, 6) is -1.82. The maximum absolute atomic E-state index is 13.1. The molecule has 2 aromatic heterocycles. The van der Waals surface area contributed by atoms with E-state index in [0.717, 1.165) is 19.3 Å². The maximum atomic E-state index is 13.1. The van der Waals surface area contributed by atoms with Crippen LogP contribution >= 0.6 is 0 Å². The molecule has 170 valence electrons. The van der Waals surface area contributed by atoms with Crippen molar-refractivity contribution in [2.24, 2.45) is 0 Å². The second kappa shape index (κ2) is 9.33. The van der Waals surface area contributed by atoms with E-state index in [4.69, 9.17) is 9.47 Å². The van der Waals surface area contributed by atoms with Gasteiger partial charge < -0.3 is 24.3 Å². The number of morpholine rings is 1. The Kier molecular flexibility index (Phi) is 7.29. The smallest absolute Gasteiger partial charge is 0.542 e. The Labute approximate surface area is 199 Å². The van der Waals surface area contributed by atoms with Crippen LogP contribution in [0, 0.1) is 0 Å². The summed E-state index contributed by atoms with van der Waals surface area (Å²) in [6.45, 7) is 5.19. The molecule has 1 saturated heterocycles. The van der Waals surface area contributed by atoms with Gasteiger partial charge in [0, 0.05) is 25.4 Å². The van der Waals surface area contributed by atoms with Crippen molar-refractivity contribution in [3.63, 3.8) is 0 Å². The van der Waals surface area contributed by atoms with Crippen molar-refractivity contribution >= 4 is 27.2 Å². The van der Waals surface area contributed by atoms with Gasteiger partial charge in [0.15, 0.2) is 5.82 Å². The van der Waals surface area contributed by atoms with Gasteiger partial charge in [0.2, 0.25) is 10.0 Å². The fraction of sp³-hybridized carbons (Fsp3) is 0.600. The van der Waals surface area contributed by atoms with Gasteiger partial charge in [0.25, 0.3) is 0 Å². The number of aromatic nitrogens is 2.